The quantitative estimate of drug-likeness (QED) is 0.332. The summed E-state index contributed by atoms with van der Waals surface area (Å²) < 4.78 is 49.5. The van der Waals surface area contributed by atoms with Gasteiger partial charge in [-0.3, -0.25) is 0 Å². The van der Waals surface area contributed by atoms with E-state index in [1.54, 1.807) is 25.1 Å². The smallest absolute Gasteiger partial charge is 0.357 e. The molecule has 0 bridgehead atoms. The summed E-state index contributed by atoms with van der Waals surface area (Å²) >= 11 is 0. The van der Waals surface area contributed by atoms with Crippen LogP contribution in [0.5, 0.6) is 0 Å². The molecule has 1 rings (SSSR count). The Labute approximate surface area is 138 Å². The molecule has 21 heavy (non-hydrogen) atoms. The van der Waals surface area contributed by atoms with E-state index < -0.39 is 12.6 Å². The van der Waals surface area contributed by atoms with Crippen LogP contribution >= 0.6 is 24.0 Å². The van der Waals surface area contributed by atoms with Crippen LogP contribution in [0.1, 0.15) is 18.9 Å². The first-order valence-electron chi connectivity index (χ1n) is 6.24. The molecular weight excluding hydrogens is 401 g/mol. The topological polar surface area (TPSA) is 36.4 Å². The molecule has 0 fully saturated rings. The van der Waals surface area contributed by atoms with Gasteiger partial charge in [0.25, 0.3) is 0 Å². The molecule has 1 aromatic carbocycles. The normalized spacial score (nSPS) is 11.8. The molecule has 0 amide bonds. The zero-order chi connectivity index (χ0) is 15.0. The Hall–Kier alpha value is -1.06. The van der Waals surface area contributed by atoms with Crippen molar-refractivity contribution < 1.29 is 17.6 Å². The number of benzene rings is 1. The third-order valence-corrected chi connectivity index (χ3v) is 2.41. The molecule has 0 saturated carbocycles. The van der Waals surface area contributed by atoms with Gasteiger partial charge in [-0.2, -0.15) is 13.2 Å². The van der Waals surface area contributed by atoms with Gasteiger partial charge in [0.05, 0.1) is 13.0 Å². The van der Waals surface area contributed by atoms with E-state index in [1.807, 2.05) is 0 Å². The molecule has 0 atom stereocenters. The molecule has 0 unspecified atom stereocenters. The second kappa shape index (κ2) is 9.80. The predicted molar refractivity (Wildman–Crippen MR) is 85.3 cm³/mol. The summed E-state index contributed by atoms with van der Waals surface area (Å²) in [5.41, 5.74) is 0.389. The Kier molecular flexibility index (Phi) is 9.31. The number of nitrogens with one attached hydrogen (secondary N) is 2. The van der Waals surface area contributed by atoms with Gasteiger partial charge < -0.3 is 10.6 Å². The van der Waals surface area contributed by atoms with E-state index in [4.69, 9.17) is 0 Å². The maximum Gasteiger partial charge on any atom is 0.390 e. The van der Waals surface area contributed by atoms with E-state index in [0.717, 1.165) is 0 Å². The molecule has 8 heteroatoms. The molecule has 2 N–H and O–H groups in total. The van der Waals surface area contributed by atoms with Gasteiger partial charge in [-0.05, 0) is 13.0 Å². The number of rotatable bonds is 5. The van der Waals surface area contributed by atoms with Crippen molar-refractivity contribution in [1.82, 2.24) is 10.6 Å². The Morgan fingerprint density at radius 1 is 1.19 bits per heavy atom. The number of guanidine groups is 1. The summed E-state index contributed by atoms with van der Waals surface area (Å²) in [7, 11) is 0. The Morgan fingerprint density at radius 2 is 1.86 bits per heavy atom. The average Bonchev–Trinajstić information content (AvgIpc) is 2.36. The summed E-state index contributed by atoms with van der Waals surface area (Å²) in [6.45, 7) is 2.10. The van der Waals surface area contributed by atoms with E-state index in [1.165, 1.54) is 6.07 Å². The lowest BCUT2D eigenvalue weighted by Crippen LogP contribution is -2.38. The van der Waals surface area contributed by atoms with Crippen molar-refractivity contribution in [3.63, 3.8) is 0 Å². The van der Waals surface area contributed by atoms with Crippen molar-refractivity contribution in [2.75, 3.05) is 13.1 Å². The van der Waals surface area contributed by atoms with E-state index in [0.29, 0.717) is 12.1 Å². The molecule has 1 aromatic rings. The number of hydrogen-bond acceptors (Lipinski definition) is 1. The number of aliphatic imine (C=N–C) groups is 1. The van der Waals surface area contributed by atoms with Crippen LogP contribution in [0.25, 0.3) is 0 Å². The molecule has 0 aliphatic carbocycles. The lowest BCUT2D eigenvalue weighted by Gasteiger charge is -2.12. The summed E-state index contributed by atoms with van der Waals surface area (Å²) in [5.74, 6) is -0.151. The molecule has 0 aromatic heterocycles. The maximum atomic E-state index is 13.4. The minimum Gasteiger partial charge on any atom is -0.357 e. The first-order chi connectivity index (χ1) is 9.42. The Bertz CT molecular complexity index is 449. The second-order valence-corrected chi connectivity index (χ2v) is 4.08. The van der Waals surface area contributed by atoms with Gasteiger partial charge in [0.15, 0.2) is 5.96 Å². The molecule has 0 heterocycles. The minimum atomic E-state index is -4.21. The van der Waals surface area contributed by atoms with Gasteiger partial charge in [0.2, 0.25) is 0 Å². The predicted octanol–water partition coefficient (Wildman–Crippen LogP) is 3.45. The summed E-state index contributed by atoms with van der Waals surface area (Å²) in [6, 6.07) is 6.14. The average molecular weight is 419 g/mol. The van der Waals surface area contributed by atoms with Gasteiger partial charge in [0.1, 0.15) is 5.82 Å². The summed E-state index contributed by atoms with van der Waals surface area (Å²) in [6.07, 6.45) is -5.16. The molecule has 0 saturated heterocycles. The monoisotopic (exact) mass is 419 g/mol. The van der Waals surface area contributed by atoms with Crippen LogP contribution in [0.3, 0.4) is 0 Å². The Morgan fingerprint density at radius 3 is 2.43 bits per heavy atom. The van der Waals surface area contributed by atoms with Crippen LogP contribution in [0.2, 0.25) is 0 Å². The van der Waals surface area contributed by atoms with Gasteiger partial charge >= 0.3 is 6.18 Å². The maximum absolute atomic E-state index is 13.4. The highest BCUT2D eigenvalue weighted by Gasteiger charge is 2.26. The van der Waals surface area contributed by atoms with Gasteiger partial charge in [-0.1, -0.05) is 18.2 Å². The van der Waals surface area contributed by atoms with Crippen LogP contribution in [0.15, 0.2) is 29.3 Å². The van der Waals surface area contributed by atoms with Crippen LogP contribution in [0.4, 0.5) is 17.6 Å². The van der Waals surface area contributed by atoms with E-state index in [9.17, 15) is 17.6 Å². The largest absolute Gasteiger partial charge is 0.390 e. The van der Waals surface area contributed by atoms with Crippen LogP contribution in [0, 0.1) is 5.82 Å². The van der Waals surface area contributed by atoms with Crippen LogP contribution in [-0.2, 0) is 6.54 Å². The third kappa shape index (κ3) is 8.74. The first-order valence-corrected chi connectivity index (χ1v) is 6.24. The number of halogens is 5. The molecule has 3 nitrogen and oxygen atoms in total. The van der Waals surface area contributed by atoms with E-state index in [-0.39, 0.29) is 48.8 Å². The zero-order valence-corrected chi connectivity index (χ0v) is 13.8. The fourth-order valence-corrected chi connectivity index (χ4v) is 1.46. The van der Waals surface area contributed by atoms with E-state index >= 15 is 0 Å². The molecular formula is C13H18F4IN3. The molecule has 0 spiro atoms. The third-order valence-electron chi connectivity index (χ3n) is 2.41. The summed E-state index contributed by atoms with van der Waals surface area (Å²) in [5, 5.41) is 5.37. The number of hydrogen-bond donors (Lipinski definition) is 2. The standard InChI is InChI=1S/C13H17F4N3.HI/c1-2-18-12(19-8-7-13(15,16)17)20-9-10-5-3-4-6-11(10)14;/h3-6H,2,7-9H2,1H3,(H2,18,19,20);1H. The van der Waals surface area contributed by atoms with Crippen molar-refractivity contribution in [3.05, 3.63) is 35.6 Å². The van der Waals surface area contributed by atoms with Crippen LogP contribution < -0.4 is 10.6 Å². The van der Waals surface area contributed by atoms with Crippen molar-refractivity contribution in [3.8, 4) is 0 Å². The Balaban J connectivity index is 0.00000400. The number of alkyl halides is 3. The lowest BCUT2D eigenvalue weighted by molar-refractivity contribution is -0.132. The van der Waals surface area contributed by atoms with Crippen molar-refractivity contribution in [2.24, 2.45) is 4.99 Å². The first kappa shape index (κ1) is 19.9. The molecule has 0 radical (unpaired) electrons. The number of nitrogens with zero attached hydrogens (tertiary/aromatic N) is 1. The van der Waals surface area contributed by atoms with Crippen LogP contribution in [-0.4, -0.2) is 25.2 Å². The highest BCUT2D eigenvalue weighted by molar-refractivity contribution is 14.0. The molecule has 0 aliphatic heterocycles. The summed E-state index contributed by atoms with van der Waals surface area (Å²) in [4.78, 5) is 4.05. The van der Waals surface area contributed by atoms with Crippen molar-refractivity contribution >= 4 is 29.9 Å². The van der Waals surface area contributed by atoms with Crippen molar-refractivity contribution in [2.45, 2.75) is 26.1 Å². The lowest BCUT2D eigenvalue weighted by atomic mass is 10.2. The van der Waals surface area contributed by atoms with Gasteiger partial charge in [-0.25, -0.2) is 9.38 Å². The van der Waals surface area contributed by atoms with Gasteiger partial charge in [0, 0.05) is 18.7 Å². The zero-order valence-electron chi connectivity index (χ0n) is 11.5. The van der Waals surface area contributed by atoms with Crippen molar-refractivity contribution in [1.29, 1.82) is 0 Å². The fraction of sp³-hybridized carbons (Fsp3) is 0.462. The van der Waals surface area contributed by atoms with E-state index in [2.05, 4.69) is 15.6 Å². The minimum absolute atomic E-state index is 0. The SMILES string of the molecule is CCNC(=NCc1ccccc1F)NCCC(F)(F)F.I. The fourth-order valence-electron chi connectivity index (χ4n) is 1.46. The highest BCUT2D eigenvalue weighted by atomic mass is 127. The molecule has 0 aliphatic rings. The second-order valence-electron chi connectivity index (χ2n) is 4.08. The molecule has 120 valence electrons. The van der Waals surface area contributed by atoms with Gasteiger partial charge in [-0.15, -0.1) is 24.0 Å². The highest BCUT2D eigenvalue weighted by Crippen LogP contribution is 2.18.